The quantitative estimate of drug-likeness (QED) is 0.787. The predicted molar refractivity (Wildman–Crippen MR) is 53.4 cm³/mol. The minimum atomic E-state index is 0.0819. The number of benzene rings is 1. The molecule has 0 spiro atoms. The van der Waals surface area contributed by atoms with Crippen molar-refractivity contribution in [3.63, 3.8) is 0 Å². The van der Waals surface area contributed by atoms with Crippen molar-refractivity contribution in [1.82, 2.24) is 0 Å². The van der Waals surface area contributed by atoms with E-state index in [2.05, 4.69) is 6.92 Å². The van der Waals surface area contributed by atoms with Gasteiger partial charge in [0, 0.05) is 10.6 Å². The Kier molecular flexibility index (Phi) is 3.43. The van der Waals surface area contributed by atoms with E-state index in [1.807, 2.05) is 0 Å². The molecule has 1 aromatic rings. The molecule has 0 aliphatic carbocycles. The summed E-state index contributed by atoms with van der Waals surface area (Å²) in [4.78, 5) is 0. The van der Waals surface area contributed by atoms with Gasteiger partial charge in [-0.25, -0.2) is 0 Å². The van der Waals surface area contributed by atoms with Crippen molar-refractivity contribution in [3.8, 4) is 11.5 Å². The molecule has 72 valence electrons. The van der Waals surface area contributed by atoms with Gasteiger partial charge in [-0.3, -0.25) is 0 Å². The van der Waals surface area contributed by atoms with Crippen LogP contribution in [0.1, 0.15) is 25.3 Å². The van der Waals surface area contributed by atoms with Crippen molar-refractivity contribution in [1.29, 1.82) is 0 Å². The van der Waals surface area contributed by atoms with E-state index in [1.54, 1.807) is 0 Å². The second-order valence-corrected chi connectivity index (χ2v) is 3.46. The highest BCUT2D eigenvalue weighted by Crippen LogP contribution is 2.32. The van der Waals surface area contributed by atoms with Gasteiger partial charge in [-0.05, 0) is 25.0 Å². The first kappa shape index (κ1) is 10.2. The fourth-order valence-electron chi connectivity index (χ4n) is 1.22. The zero-order valence-electron chi connectivity index (χ0n) is 7.55. The first-order valence-corrected chi connectivity index (χ1v) is 4.73. The third-order valence-electron chi connectivity index (χ3n) is 1.95. The SMILES string of the molecule is CCCCc1c(O)cc(Cl)cc1O. The van der Waals surface area contributed by atoms with Crippen molar-refractivity contribution in [2.24, 2.45) is 0 Å². The van der Waals surface area contributed by atoms with E-state index in [-0.39, 0.29) is 11.5 Å². The summed E-state index contributed by atoms with van der Waals surface area (Å²) in [5, 5.41) is 19.3. The Morgan fingerprint density at radius 3 is 2.23 bits per heavy atom. The number of phenols is 2. The number of aromatic hydroxyl groups is 2. The van der Waals surface area contributed by atoms with E-state index in [0.717, 1.165) is 12.8 Å². The van der Waals surface area contributed by atoms with Gasteiger partial charge in [0.25, 0.3) is 0 Å². The van der Waals surface area contributed by atoms with Crippen LogP contribution in [0.5, 0.6) is 11.5 Å². The highest BCUT2D eigenvalue weighted by atomic mass is 35.5. The summed E-state index contributed by atoms with van der Waals surface area (Å²) < 4.78 is 0. The Hall–Kier alpha value is -0.890. The molecule has 2 nitrogen and oxygen atoms in total. The molecule has 0 saturated heterocycles. The van der Waals surface area contributed by atoms with Crippen molar-refractivity contribution in [2.45, 2.75) is 26.2 Å². The number of unbranched alkanes of at least 4 members (excludes halogenated alkanes) is 1. The minimum absolute atomic E-state index is 0.0819. The Labute approximate surface area is 82.8 Å². The van der Waals surface area contributed by atoms with Gasteiger partial charge in [-0.2, -0.15) is 0 Å². The fourth-order valence-corrected chi connectivity index (χ4v) is 1.42. The first-order valence-electron chi connectivity index (χ1n) is 4.35. The molecule has 13 heavy (non-hydrogen) atoms. The van der Waals surface area contributed by atoms with Crippen LogP contribution in [0.15, 0.2) is 12.1 Å². The van der Waals surface area contributed by atoms with Crippen LogP contribution in [0.4, 0.5) is 0 Å². The Bertz CT molecular complexity index is 274. The molecule has 0 aromatic heterocycles. The van der Waals surface area contributed by atoms with Gasteiger partial charge in [0.15, 0.2) is 0 Å². The summed E-state index contributed by atoms with van der Waals surface area (Å²) in [5.41, 5.74) is 0.589. The molecule has 0 unspecified atom stereocenters. The molecule has 2 N–H and O–H groups in total. The summed E-state index contributed by atoms with van der Waals surface area (Å²) >= 11 is 5.64. The Morgan fingerprint density at radius 1 is 1.23 bits per heavy atom. The summed E-state index contributed by atoms with van der Waals surface area (Å²) in [7, 11) is 0. The number of hydrogen-bond acceptors (Lipinski definition) is 2. The van der Waals surface area contributed by atoms with Gasteiger partial charge >= 0.3 is 0 Å². The van der Waals surface area contributed by atoms with Crippen LogP contribution in [0, 0.1) is 0 Å². The van der Waals surface area contributed by atoms with Crippen molar-refractivity contribution >= 4 is 11.6 Å². The smallest absolute Gasteiger partial charge is 0.123 e. The molecule has 0 radical (unpaired) electrons. The molecule has 3 heteroatoms. The third kappa shape index (κ3) is 2.52. The molecular formula is C10H13ClO2. The van der Waals surface area contributed by atoms with Gasteiger partial charge in [0.05, 0.1) is 0 Å². The van der Waals surface area contributed by atoms with Gasteiger partial charge < -0.3 is 10.2 Å². The van der Waals surface area contributed by atoms with Crippen LogP contribution in [-0.2, 0) is 6.42 Å². The molecule has 0 amide bonds. The largest absolute Gasteiger partial charge is 0.507 e. The zero-order valence-corrected chi connectivity index (χ0v) is 8.30. The van der Waals surface area contributed by atoms with Crippen LogP contribution in [0.25, 0.3) is 0 Å². The van der Waals surface area contributed by atoms with Crippen LogP contribution in [-0.4, -0.2) is 10.2 Å². The normalized spacial score (nSPS) is 10.3. The second-order valence-electron chi connectivity index (χ2n) is 3.03. The maximum atomic E-state index is 9.45. The van der Waals surface area contributed by atoms with E-state index in [9.17, 15) is 10.2 Å². The average Bonchev–Trinajstić information content (AvgIpc) is 2.02. The summed E-state index contributed by atoms with van der Waals surface area (Å²) in [5.74, 6) is 0.164. The molecule has 0 fully saturated rings. The van der Waals surface area contributed by atoms with E-state index in [0.29, 0.717) is 17.0 Å². The van der Waals surface area contributed by atoms with E-state index < -0.39 is 0 Å². The number of phenolic OH excluding ortho intramolecular Hbond substituents is 2. The number of halogens is 1. The molecule has 0 bridgehead atoms. The molecule has 1 aromatic carbocycles. The van der Waals surface area contributed by atoms with Crippen molar-refractivity contribution < 1.29 is 10.2 Å². The van der Waals surface area contributed by atoms with E-state index in [1.165, 1.54) is 12.1 Å². The minimum Gasteiger partial charge on any atom is -0.507 e. The van der Waals surface area contributed by atoms with Gasteiger partial charge in [0.1, 0.15) is 11.5 Å². The van der Waals surface area contributed by atoms with Crippen LogP contribution < -0.4 is 0 Å². The highest BCUT2D eigenvalue weighted by Gasteiger charge is 2.07. The standard InChI is InChI=1S/C10H13ClO2/c1-2-3-4-8-9(12)5-7(11)6-10(8)13/h5-6,12-13H,2-4H2,1H3. The second kappa shape index (κ2) is 4.38. The van der Waals surface area contributed by atoms with Gasteiger partial charge in [-0.1, -0.05) is 24.9 Å². The maximum Gasteiger partial charge on any atom is 0.123 e. The van der Waals surface area contributed by atoms with Crippen LogP contribution in [0.2, 0.25) is 5.02 Å². The number of hydrogen-bond donors (Lipinski definition) is 2. The lowest BCUT2D eigenvalue weighted by Gasteiger charge is -2.06. The lowest BCUT2D eigenvalue weighted by Crippen LogP contribution is -1.87. The molecule has 0 heterocycles. The zero-order chi connectivity index (χ0) is 9.84. The van der Waals surface area contributed by atoms with Crippen LogP contribution >= 0.6 is 11.6 Å². The molecule has 0 saturated carbocycles. The lowest BCUT2D eigenvalue weighted by molar-refractivity contribution is 0.437. The topological polar surface area (TPSA) is 40.5 Å². The van der Waals surface area contributed by atoms with E-state index in [4.69, 9.17) is 11.6 Å². The predicted octanol–water partition coefficient (Wildman–Crippen LogP) is 3.09. The monoisotopic (exact) mass is 200 g/mol. The summed E-state index contributed by atoms with van der Waals surface area (Å²) in [6.45, 7) is 2.06. The number of rotatable bonds is 3. The first-order chi connectivity index (χ1) is 6.15. The molecule has 0 aliphatic rings. The van der Waals surface area contributed by atoms with Crippen LogP contribution in [0.3, 0.4) is 0 Å². The summed E-state index contributed by atoms with van der Waals surface area (Å²) in [6.07, 6.45) is 2.66. The molecular weight excluding hydrogens is 188 g/mol. The lowest BCUT2D eigenvalue weighted by atomic mass is 10.1. The highest BCUT2D eigenvalue weighted by molar-refractivity contribution is 6.30. The Morgan fingerprint density at radius 2 is 1.77 bits per heavy atom. The van der Waals surface area contributed by atoms with Crippen molar-refractivity contribution in [3.05, 3.63) is 22.7 Å². The maximum absolute atomic E-state index is 9.45. The third-order valence-corrected chi connectivity index (χ3v) is 2.17. The summed E-state index contributed by atoms with van der Waals surface area (Å²) in [6, 6.07) is 2.90. The molecule has 0 aliphatic heterocycles. The molecule has 1 rings (SSSR count). The fraction of sp³-hybridized carbons (Fsp3) is 0.400. The van der Waals surface area contributed by atoms with Gasteiger partial charge in [-0.15, -0.1) is 0 Å². The Balaban J connectivity index is 2.92. The van der Waals surface area contributed by atoms with Gasteiger partial charge in [0.2, 0.25) is 0 Å². The van der Waals surface area contributed by atoms with E-state index >= 15 is 0 Å². The molecule has 0 atom stereocenters. The van der Waals surface area contributed by atoms with Crippen molar-refractivity contribution in [2.75, 3.05) is 0 Å². The average molecular weight is 201 g/mol.